The van der Waals surface area contributed by atoms with E-state index in [-0.39, 0.29) is 21.5 Å². The van der Waals surface area contributed by atoms with Crippen LogP contribution in [0.4, 0.5) is 4.39 Å². The number of nitrogens with zero attached hydrogens (tertiary/aromatic N) is 2. The smallest absolute Gasteiger partial charge is 0.257 e. The molecule has 0 unspecified atom stereocenters. The number of fused-ring (bicyclic) bond motifs is 2. The first-order valence-electron chi connectivity index (χ1n) is 9.97. The third-order valence-corrected chi connectivity index (χ3v) is 7.72. The second-order valence-corrected chi connectivity index (χ2v) is 9.77. The molecule has 2 N–H and O–H groups in total. The Balaban J connectivity index is 1.60. The van der Waals surface area contributed by atoms with E-state index in [0.29, 0.717) is 37.2 Å². The lowest BCUT2D eigenvalue weighted by atomic mass is 10.1. The molecule has 1 saturated heterocycles. The van der Waals surface area contributed by atoms with E-state index in [0.717, 1.165) is 5.39 Å². The molecule has 3 heterocycles. The van der Waals surface area contributed by atoms with Gasteiger partial charge in [-0.2, -0.15) is 4.31 Å². The number of benzene rings is 2. The number of aromatic amines is 2. The Kier molecular flexibility index (Phi) is 4.69. The number of H-pyrrole nitrogens is 2. The number of hydrogen-bond donors (Lipinski definition) is 2. The maximum Gasteiger partial charge on any atom is 0.257 e. The van der Waals surface area contributed by atoms with Gasteiger partial charge in [-0.15, -0.1) is 0 Å². The normalized spacial score (nSPS) is 16.3. The molecule has 0 atom stereocenters. The van der Waals surface area contributed by atoms with Crippen LogP contribution in [0.3, 0.4) is 0 Å². The Hall–Kier alpha value is -3.01. The number of likely N-dealkylation sites (N-methyl/N-ethyl adjacent to an activating group) is 1. The fraction of sp³-hybridized carbons (Fsp3) is 0.227. The first-order valence-corrected chi connectivity index (χ1v) is 11.4. The van der Waals surface area contributed by atoms with E-state index in [1.54, 1.807) is 18.2 Å². The standard InChI is InChI=1S/C22H21FN4O3S/c1-26-8-10-27(11-9-26)31(29,30)15-6-7-19-16(13-15)20(23)21(24-19)17-12-14-4-2-3-5-18(14)25-22(17)28/h2-7,12-13,24H,8-11H2,1H3,(H,25,28). The molecule has 4 aromatic rings. The van der Waals surface area contributed by atoms with Crippen LogP contribution in [0.25, 0.3) is 33.1 Å². The van der Waals surface area contributed by atoms with E-state index in [9.17, 15) is 13.2 Å². The summed E-state index contributed by atoms with van der Waals surface area (Å²) in [6.07, 6.45) is 0. The summed E-state index contributed by atoms with van der Waals surface area (Å²) in [5.74, 6) is -0.647. The van der Waals surface area contributed by atoms with Crippen LogP contribution in [0, 0.1) is 5.82 Å². The number of piperazine rings is 1. The fourth-order valence-corrected chi connectivity index (χ4v) is 5.44. The van der Waals surface area contributed by atoms with Crippen molar-refractivity contribution >= 4 is 31.8 Å². The summed E-state index contributed by atoms with van der Waals surface area (Å²) in [7, 11) is -1.78. The average molecular weight is 441 g/mol. The largest absolute Gasteiger partial charge is 0.352 e. The Labute approximate surface area is 178 Å². The van der Waals surface area contributed by atoms with Crippen LogP contribution in [-0.4, -0.2) is 60.8 Å². The van der Waals surface area contributed by atoms with Crippen molar-refractivity contribution in [2.75, 3.05) is 33.2 Å². The minimum absolute atomic E-state index is 0.0381. The molecule has 0 amide bonds. The van der Waals surface area contributed by atoms with E-state index in [4.69, 9.17) is 0 Å². The predicted molar refractivity (Wildman–Crippen MR) is 118 cm³/mol. The highest BCUT2D eigenvalue weighted by Gasteiger charge is 2.28. The van der Waals surface area contributed by atoms with Crippen molar-refractivity contribution in [3.63, 3.8) is 0 Å². The molecule has 2 aromatic carbocycles. The molecule has 7 nitrogen and oxygen atoms in total. The molecule has 0 spiro atoms. The van der Waals surface area contributed by atoms with Crippen LogP contribution < -0.4 is 5.56 Å². The van der Waals surface area contributed by atoms with Gasteiger partial charge in [-0.25, -0.2) is 12.8 Å². The molecule has 160 valence electrons. The molecule has 31 heavy (non-hydrogen) atoms. The van der Waals surface area contributed by atoms with Gasteiger partial charge in [-0.3, -0.25) is 4.79 Å². The number of halogens is 1. The van der Waals surface area contributed by atoms with Crippen LogP contribution in [0.1, 0.15) is 0 Å². The van der Waals surface area contributed by atoms with Crippen LogP contribution in [-0.2, 0) is 10.0 Å². The van der Waals surface area contributed by atoms with Gasteiger partial charge in [0.2, 0.25) is 10.0 Å². The average Bonchev–Trinajstić information content (AvgIpc) is 3.09. The Morgan fingerprint density at radius 1 is 0.935 bits per heavy atom. The summed E-state index contributed by atoms with van der Waals surface area (Å²) in [4.78, 5) is 20.4. The Bertz CT molecular complexity index is 1470. The summed E-state index contributed by atoms with van der Waals surface area (Å²) < 4.78 is 42.9. The maximum atomic E-state index is 15.4. The van der Waals surface area contributed by atoms with Crippen LogP contribution in [0.5, 0.6) is 0 Å². The lowest BCUT2D eigenvalue weighted by Gasteiger charge is -2.31. The zero-order chi connectivity index (χ0) is 21.8. The van der Waals surface area contributed by atoms with E-state index >= 15 is 4.39 Å². The highest BCUT2D eigenvalue weighted by molar-refractivity contribution is 7.89. The number of pyridine rings is 1. The summed E-state index contributed by atoms with van der Waals surface area (Å²) in [6, 6.07) is 13.2. The molecule has 0 saturated carbocycles. The summed E-state index contributed by atoms with van der Waals surface area (Å²) >= 11 is 0. The Morgan fingerprint density at radius 3 is 2.45 bits per heavy atom. The van der Waals surface area contributed by atoms with E-state index in [1.807, 2.05) is 25.2 Å². The van der Waals surface area contributed by atoms with Crippen molar-refractivity contribution in [2.24, 2.45) is 0 Å². The quantitative estimate of drug-likeness (QED) is 0.513. The lowest BCUT2D eigenvalue weighted by Crippen LogP contribution is -2.46. The van der Waals surface area contributed by atoms with E-state index < -0.39 is 21.4 Å². The third kappa shape index (κ3) is 3.34. The predicted octanol–water partition coefficient (Wildman–Crippen LogP) is 2.75. The number of sulfonamides is 1. The second kappa shape index (κ2) is 7.30. The summed E-state index contributed by atoms with van der Waals surface area (Å²) in [6.45, 7) is 2.08. The van der Waals surface area contributed by atoms with Crippen molar-refractivity contribution in [3.05, 3.63) is 64.7 Å². The summed E-state index contributed by atoms with van der Waals surface area (Å²) in [5.41, 5.74) is 0.868. The number of hydrogen-bond acceptors (Lipinski definition) is 4. The zero-order valence-corrected chi connectivity index (χ0v) is 17.7. The van der Waals surface area contributed by atoms with Gasteiger partial charge in [0.05, 0.1) is 16.2 Å². The van der Waals surface area contributed by atoms with Crippen LogP contribution in [0.2, 0.25) is 0 Å². The van der Waals surface area contributed by atoms with E-state index in [2.05, 4.69) is 14.9 Å². The first-order chi connectivity index (χ1) is 14.8. The highest BCUT2D eigenvalue weighted by atomic mass is 32.2. The van der Waals surface area contributed by atoms with Crippen molar-refractivity contribution in [2.45, 2.75) is 4.90 Å². The third-order valence-electron chi connectivity index (χ3n) is 5.83. The molecule has 2 aromatic heterocycles. The van der Waals surface area contributed by atoms with Crippen LogP contribution >= 0.6 is 0 Å². The van der Waals surface area contributed by atoms with Gasteiger partial charge in [0.25, 0.3) is 5.56 Å². The number of nitrogens with one attached hydrogen (secondary N) is 2. The molecule has 9 heteroatoms. The number of para-hydroxylation sites is 1. The van der Waals surface area contributed by atoms with Crippen molar-refractivity contribution in [1.82, 2.24) is 19.2 Å². The van der Waals surface area contributed by atoms with Gasteiger partial charge in [0.1, 0.15) is 0 Å². The van der Waals surface area contributed by atoms with Crippen molar-refractivity contribution < 1.29 is 12.8 Å². The maximum absolute atomic E-state index is 15.4. The van der Waals surface area contributed by atoms with Gasteiger partial charge < -0.3 is 14.9 Å². The molecule has 1 aliphatic rings. The number of aromatic nitrogens is 2. The minimum atomic E-state index is -3.73. The monoisotopic (exact) mass is 440 g/mol. The van der Waals surface area contributed by atoms with Gasteiger partial charge in [-0.1, -0.05) is 18.2 Å². The highest BCUT2D eigenvalue weighted by Crippen LogP contribution is 2.31. The topological polar surface area (TPSA) is 89.3 Å². The molecular weight excluding hydrogens is 419 g/mol. The van der Waals surface area contributed by atoms with Crippen molar-refractivity contribution in [1.29, 1.82) is 0 Å². The van der Waals surface area contributed by atoms with Gasteiger partial charge in [-0.05, 0) is 42.8 Å². The summed E-state index contributed by atoms with van der Waals surface area (Å²) in [5, 5.41) is 0.909. The van der Waals surface area contributed by atoms with Crippen LogP contribution in [0.15, 0.2) is 58.2 Å². The lowest BCUT2D eigenvalue weighted by molar-refractivity contribution is 0.222. The Morgan fingerprint density at radius 2 is 1.68 bits per heavy atom. The molecule has 0 aliphatic carbocycles. The second-order valence-electron chi connectivity index (χ2n) is 7.83. The zero-order valence-electron chi connectivity index (χ0n) is 16.9. The van der Waals surface area contributed by atoms with Gasteiger partial charge >= 0.3 is 0 Å². The molecule has 0 bridgehead atoms. The SMILES string of the molecule is CN1CCN(S(=O)(=O)c2ccc3[nH]c(-c4cc5ccccc5[nH]c4=O)c(F)c3c2)CC1. The molecule has 1 fully saturated rings. The minimum Gasteiger partial charge on any atom is -0.352 e. The van der Waals surface area contributed by atoms with Gasteiger partial charge in [0, 0.05) is 42.6 Å². The molecular formula is C22H21FN4O3S. The first kappa shape index (κ1) is 19.9. The number of rotatable bonds is 3. The van der Waals surface area contributed by atoms with E-state index in [1.165, 1.54) is 16.4 Å². The fourth-order valence-electron chi connectivity index (χ4n) is 3.99. The molecule has 0 radical (unpaired) electrons. The van der Waals surface area contributed by atoms with Crippen molar-refractivity contribution in [3.8, 4) is 11.3 Å². The van der Waals surface area contributed by atoms with Gasteiger partial charge in [0.15, 0.2) is 5.82 Å². The molecule has 5 rings (SSSR count). The molecule has 1 aliphatic heterocycles.